The minimum atomic E-state index is -0.795. The normalized spacial score (nSPS) is 12.6. The molecule has 0 aromatic carbocycles. The maximum atomic E-state index is 12.9. The maximum absolute atomic E-state index is 12.9. The van der Waals surface area contributed by atoms with Crippen molar-refractivity contribution in [3.8, 4) is 0 Å². The number of allylic oxidation sites excluding steroid dienone is 14. The average Bonchev–Trinajstić information content (AvgIpc) is 3.45. The highest BCUT2D eigenvalue weighted by Gasteiger charge is 2.19. The van der Waals surface area contributed by atoms with Gasteiger partial charge in [-0.2, -0.15) is 0 Å². The molecule has 0 aliphatic carbocycles. The lowest BCUT2D eigenvalue weighted by atomic mass is 10.0. The zero-order chi connectivity index (χ0) is 57.1. The molecule has 0 aliphatic heterocycles. The van der Waals surface area contributed by atoms with Gasteiger partial charge < -0.3 is 14.2 Å². The molecule has 6 nitrogen and oxygen atoms in total. The molecule has 0 aromatic heterocycles. The maximum Gasteiger partial charge on any atom is 0.306 e. The Labute approximate surface area is 490 Å². The van der Waals surface area contributed by atoms with Crippen molar-refractivity contribution in [2.75, 3.05) is 13.2 Å². The lowest BCUT2D eigenvalue weighted by Crippen LogP contribution is -2.30. The highest BCUT2D eigenvalue weighted by atomic mass is 16.6. The Morgan fingerprint density at radius 1 is 0.266 bits per heavy atom. The van der Waals surface area contributed by atoms with E-state index < -0.39 is 6.10 Å². The molecule has 0 aromatic rings. The van der Waals surface area contributed by atoms with Gasteiger partial charge >= 0.3 is 17.9 Å². The number of rotatable bonds is 62. The third-order valence-corrected chi connectivity index (χ3v) is 14.9. The van der Waals surface area contributed by atoms with E-state index in [1.54, 1.807) is 0 Å². The van der Waals surface area contributed by atoms with Gasteiger partial charge in [0.1, 0.15) is 13.2 Å². The molecule has 0 aliphatic rings. The molecular formula is C73H128O6. The second kappa shape index (κ2) is 67.1. The van der Waals surface area contributed by atoms with E-state index in [0.717, 1.165) is 122 Å². The van der Waals surface area contributed by atoms with Gasteiger partial charge in [0.15, 0.2) is 6.10 Å². The van der Waals surface area contributed by atoms with E-state index in [1.807, 2.05) is 0 Å². The van der Waals surface area contributed by atoms with Crippen molar-refractivity contribution in [3.05, 3.63) is 85.1 Å². The number of hydrogen-bond donors (Lipinski definition) is 0. The Kier molecular flexibility index (Phi) is 64.2. The van der Waals surface area contributed by atoms with Gasteiger partial charge in [-0.25, -0.2) is 0 Å². The minimum Gasteiger partial charge on any atom is -0.462 e. The second-order valence-electron chi connectivity index (χ2n) is 22.7. The van der Waals surface area contributed by atoms with E-state index in [-0.39, 0.29) is 31.1 Å². The number of esters is 3. The van der Waals surface area contributed by atoms with Crippen LogP contribution >= 0.6 is 0 Å². The Morgan fingerprint density at radius 2 is 0.494 bits per heavy atom. The molecule has 0 saturated carbocycles. The first-order chi connectivity index (χ1) is 39.0. The predicted molar refractivity (Wildman–Crippen MR) is 344 cm³/mol. The summed E-state index contributed by atoms with van der Waals surface area (Å²) >= 11 is 0. The van der Waals surface area contributed by atoms with Crippen molar-refractivity contribution in [1.82, 2.24) is 0 Å². The van der Waals surface area contributed by atoms with Crippen LogP contribution < -0.4 is 0 Å². The molecule has 6 heteroatoms. The topological polar surface area (TPSA) is 78.9 Å². The Morgan fingerprint density at radius 3 is 0.797 bits per heavy atom. The van der Waals surface area contributed by atoms with Crippen LogP contribution in [0.25, 0.3) is 0 Å². The number of carbonyl (C=O) groups is 3. The molecule has 0 fully saturated rings. The van der Waals surface area contributed by atoms with E-state index in [0.29, 0.717) is 19.3 Å². The molecule has 0 heterocycles. The van der Waals surface area contributed by atoms with Crippen LogP contribution in [0, 0.1) is 0 Å². The summed E-state index contributed by atoms with van der Waals surface area (Å²) in [4.78, 5) is 38.4. The van der Waals surface area contributed by atoms with Gasteiger partial charge in [0.25, 0.3) is 0 Å². The van der Waals surface area contributed by atoms with Crippen LogP contribution in [0.3, 0.4) is 0 Å². The molecule has 0 saturated heterocycles. The lowest BCUT2D eigenvalue weighted by molar-refractivity contribution is -0.167. The van der Waals surface area contributed by atoms with E-state index in [1.165, 1.54) is 180 Å². The molecule has 0 amide bonds. The highest BCUT2D eigenvalue weighted by molar-refractivity contribution is 5.71. The Bertz CT molecular complexity index is 1500. The summed E-state index contributed by atoms with van der Waals surface area (Å²) in [5.74, 6) is -0.909. The fourth-order valence-corrected chi connectivity index (χ4v) is 9.80. The summed E-state index contributed by atoms with van der Waals surface area (Å²) in [6.07, 6.45) is 88.9. The van der Waals surface area contributed by atoms with E-state index in [2.05, 4.69) is 106 Å². The van der Waals surface area contributed by atoms with Gasteiger partial charge in [-0.15, -0.1) is 0 Å². The lowest BCUT2D eigenvalue weighted by Gasteiger charge is -2.18. The molecule has 0 spiro atoms. The van der Waals surface area contributed by atoms with Gasteiger partial charge in [-0.05, 0) is 96.3 Å². The summed E-state index contributed by atoms with van der Waals surface area (Å²) in [6.45, 7) is 6.52. The molecule has 79 heavy (non-hydrogen) atoms. The predicted octanol–water partition coefficient (Wildman–Crippen LogP) is 23.4. The standard InChI is InChI=1S/C73H128O6/c1-4-7-10-13-16-19-22-25-28-31-33-34-35-36-37-38-40-42-45-48-51-54-57-60-63-66-72(75)78-69-70(68-77-71(74)65-62-59-56-53-50-47-44-41-30-27-24-21-18-15-12-9-6-3)79-73(76)67-64-61-58-55-52-49-46-43-39-32-29-26-23-20-17-14-11-8-5-2/h9,12,17-18,20-21,26-27,29-30,39,43-44,47,70H,4-8,10-11,13-16,19,22-25,28,31-38,40-42,45-46,48-69H2,1-3H3/b12-9-,20-17-,21-18-,29-26-,30-27-,43-39-,47-44-. The number of hydrogen-bond acceptors (Lipinski definition) is 6. The summed E-state index contributed by atoms with van der Waals surface area (Å²) < 4.78 is 16.9. The number of carbonyl (C=O) groups excluding carboxylic acids is 3. The van der Waals surface area contributed by atoms with Crippen molar-refractivity contribution >= 4 is 17.9 Å². The van der Waals surface area contributed by atoms with Gasteiger partial charge in [0.05, 0.1) is 0 Å². The molecule has 0 N–H and O–H groups in total. The Balaban J connectivity index is 4.35. The van der Waals surface area contributed by atoms with Crippen LogP contribution in [0.4, 0.5) is 0 Å². The van der Waals surface area contributed by atoms with E-state index >= 15 is 0 Å². The van der Waals surface area contributed by atoms with Crippen molar-refractivity contribution < 1.29 is 28.6 Å². The van der Waals surface area contributed by atoms with Crippen molar-refractivity contribution in [2.24, 2.45) is 0 Å². The fraction of sp³-hybridized carbons (Fsp3) is 0.767. The number of unbranched alkanes of at least 4 members (excludes halogenated alkanes) is 37. The van der Waals surface area contributed by atoms with Crippen LogP contribution in [0.15, 0.2) is 85.1 Å². The van der Waals surface area contributed by atoms with Crippen molar-refractivity contribution in [3.63, 3.8) is 0 Å². The SMILES string of the molecule is CC/C=C\C/C=C\C/C=C\C/C=C\CCCCCCC(=O)OCC(COC(=O)CCCCCCCCCCCCCCCCCCCCCCCCCCC)OC(=O)CCCCCCCC/C=C\C/C=C\C/C=C\CCCCC. The first-order valence-corrected chi connectivity index (χ1v) is 34.1. The second-order valence-corrected chi connectivity index (χ2v) is 22.7. The third kappa shape index (κ3) is 65.3. The third-order valence-electron chi connectivity index (χ3n) is 14.9. The zero-order valence-corrected chi connectivity index (χ0v) is 52.4. The quantitative estimate of drug-likeness (QED) is 0.0261. The van der Waals surface area contributed by atoms with Gasteiger partial charge in [-0.1, -0.05) is 311 Å². The minimum absolute atomic E-state index is 0.0874. The van der Waals surface area contributed by atoms with Crippen LogP contribution in [-0.2, 0) is 28.6 Å². The molecule has 1 atom stereocenters. The molecule has 1 unspecified atom stereocenters. The van der Waals surface area contributed by atoms with Gasteiger partial charge in [-0.3, -0.25) is 14.4 Å². The molecule has 0 rings (SSSR count). The number of ether oxygens (including phenoxy) is 3. The molecule has 456 valence electrons. The summed E-state index contributed by atoms with van der Waals surface area (Å²) in [5, 5.41) is 0. The summed E-state index contributed by atoms with van der Waals surface area (Å²) in [6, 6.07) is 0. The Hall–Kier alpha value is -3.41. The molecule has 0 radical (unpaired) electrons. The smallest absolute Gasteiger partial charge is 0.306 e. The average molecular weight is 1100 g/mol. The van der Waals surface area contributed by atoms with Crippen molar-refractivity contribution in [1.29, 1.82) is 0 Å². The summed E-state index contributed by atoms with van der Waals surface area (Å²) in [5.41, 5.74) is 0. The van der Waals surface area contributed by atoms with Crippen LogP contribution in [0.1, 0.15) is 342 Å². The van der Waals surface area contributed by atoms with Crippen molar-refractivity contribution in [2.45, 2.75) is 348 Å². The van der Waals surface area contributed by atoms with Gasteiger partial charge in [0, 0.05) is 19.3 Å². The largest absolute Gasteiger partial charge is 0.462 e. The van der Waals surface area contributed by atoms with Crippen LogP contribution in [0.2, 0.25) is 0 Å². The fourth-order valence-electron chi connectivity index (χ4n) is 9.80. The van der Waals surface area contributed by atoms with Gasteiger partial charge in [0.2, 0.25) is 0 Å². The first kappa shape index (κ1) is 75.6. The zero-order valence-electron chi connectivity index (χ0n) is 52.4. The van der Waals surface area contributed by atoms with E-state index in [9.17, 15) is 14.4 Å². The molecule has 0 bridgehead atoms. The van der Waals surface area contributed by atoms with E-state index in [4.69, 9.17) is 14.2 Å². The summed E-state index contributed by atoms with van der Waals surface area (Å²) in [7, 11) is 0. The first-order valence-electron chi connectivity index (χ1n) is 34.1. The monoisotopic (exact) mass is 1100 g/mol. The molecular weight excluding hydrogens is 973 g/mol. The van der Waals surface area contributed by atoms with Crippen LogP contribution in [0.5, 0.6) is 0 Å². The van der Waals surface area contributed by atoms with Crippen LogP contribution in [-0.4, -0.2) is 37.2 Å². The highest BCUT2D eigenvalue weighted by Crippen LogP contribution is 2.18.